The van der Waals surface area contributed by atoms with Gasteiger partial charge in [-0.2, -0.15) is 0 Å². The molecule has 1 atom stereocenters. The highest BCUT2D eigenvalue weighted by atomic mass is 16.2. The summed E-state index contributed by atoms with van der Waals surface area (Å²) < 4.78 is 0. The van der Waals surface area contributed by atoms with Crippen LogP contribution in [-0.4, -0.2) is 17.9 Å². The minimum atomic E-state index is -0.369. The van der Waals surface area contributed by atoms with E-state index in [0.29, 0.717) is 19.4 Å². The molecule has 0 aromatic heterocycles. The van der Waals surface area contributed by atoms with Crippen LogP contribution in [0.4, 0.5) is 0 Å². The number of amides is 2. The smallest absolute Gasteiger partial charge is 0.242 e. The van der Waals surface area contributed by atoms with E-state index in [2.05, 4.69) is 56.5 Å². The zero-order valence-corrected chi connectivity index (χ0v) is 13.2. The minimum Gasteiger partial charge on any atom is -0.350 e. The van der Waals surface area contributed by atoms with Crippen molar-refractivity contribution in [3.05, 3.63) is 34.9 Å². The third-order valence-corrected chi connectivity index (χ3v) is 3.97. The van der Waals surface area contributed by atoms with Gasteiger partial charge in [0.25, 0.3) is 0 Å². The van der Waals surface area contributed by atoms with Crippen molar-refractivity contribution in [2.45, 2.75) is 58.5 Å². The Bertz CT molecular complexity index is 558. The lowest BCUT2D eigenvalue weighted by Crippen LogP contribution is -2.41. The van der Waals surface area contributed by atoms with Crippen molar-refractivity contribution in [3.8, 4) is 0 Å². The molecular formula is C17H24N2O2. The summed E-state index contributed by atoms with van der Waals surface area (Å²) in [5, 5.41) is 5.59. The highest BCUT2D eigenvalue weighted by Crippen LogP contribution is 2.24. The summed E-state index contributed by atoms with van der Waals surface area (Å²) in [6.07, 6.45) is 1.03. The highest BCUT2D eigenvalue weighted by molar-refractivity contribution is 5.90. The first-order valence-electron chi connectivity index (χ1n) is 7.44. The van der Waals surface area contributed by atoms with Gasteiger partial charge in [-0.1, -0.05) is 39.0 Å². The van der Waals surface area contributed by atoms with Gasteiger partial charge >= 0.3 is 0 Å². The van der Waals surface area contributed by atoms with Gasteiger partial charge in [0.15, 0.2) is 0 Å². The van der Waals surface area contributed by atoms with Crippen molar-refractivity contribution in [1.82, 2.24) is 10.6 Å². The number of carbonyl (C=O) groups is 2. The molecule has 0 radical (unpaired) electrons. The zero-order chi connectivity index (χ0) is 15.6. The monoisotopic (exact) mass is 288 g/mol. The summed E-state index contributed by atoms with van der Waals surface area (Å²) >= 11 is 0. The average molecular weight is 288 g/mol. The van der Waals surface area contributed by atoms with Crippen LogP contribution in [0.15, 0.2) is 18.2 Å². The summed E-state index contributed by atoms with van der Waals surface area (Å²) in [6, 6.07) is 6.00. The second kappa shape index (κ2) is 5.88. The van der Waals surface area contributed by atoms with Crippen LogP contribution in [0.25, 0.3) is 0 Å². The molecule has 1 aromatic rings. The molecule has 0 saturated carbocycles. The van der Waals surface area contributed by atoms with Gasteiger partial charge in [0.2, 0.25) is 11.8 Å². The van der Waals surface area contributed by atoms with Gasteiger partial charge in [0, 0.05) is 13.0 Å². The Hall–Kier alpha value is -1.84. The predicted octanol–water partition coefficient (Wildman–Crippen LogP) is 2.19. The van der Waals surface area contributed by atoms with Crippen LogP contribution in [0.1, 0.15) is 50.3 Å². The number of hydrogen-bond donors (Lipinski definition) is 2. The van der Waals surface area contributed by atoms with Crippen LogP contribution < -0.4 is 10.6 Å². The maximum Gasteiger partial charge on any atom is 0.242 e. The molecule has 2 amide bonds. The van der Waals surface area contributed by atoms with Gasteiger partial charge in [-0.3, -0.25) is 9.59 Å². The summed E-state index contributed by atoms with van der Waals surface area (Å²) in [5.74, 6) is -0.138. The maximum absolute atomic E-state index is 12.0. The predicted molar refractivity (Wildman–Crippen MR) is 82.9 cm³/mol. The Labute approximate surface area is 126 Å². The number of carbonyl (C=O) groups excluding carboxylic acids is 2. The van der Waals surface area contributed by atoms with E-state index in [-0.39, 0.29) is 23.3 Å². The quantitative estimate of drug-likeness (QED) is 0.895. The highest BCUT2D eigenvalue weighted by Gasteiger charge is 2.26. The largest absolute Gasteiger partial charge is 0.350 e. The van der Waals surface area contributed by atoms with Crippen molar-refractivity contribution >= 4 is 11.8 Å². The zero-order valence-electron chi connectivity index (χ0n) is 13.2. The molecule has 2 N–H and O–H groups in total. The lowest BCUT2D eigenvalue weighted by Gasteiger charge is -2.21. The van der Waals surface area contributed by atoms with Gasteiger partial charge in [-0.05, 0) is 35.4 Å². The van der Waals surface area contributed by atoms with Crippen molar-refractivity contribution in [1.29, 1.82) is 0 Å². The normalized spacial score (nSPS) is 18.5. The molecule has 1 saturated heterocycles. The molecule has 0 spiro atoms. The number of benzene rings is 1. The Morgan fingerprint density at radius 1 is 1.38 bits per heavy atom. The molecule has 0 bridgehead atoms. The first-order chi connectivity index (χ1) is 9.77. The number of rotatable bonds is 3. The Balaban J connectivity index is 1.97. The molecule has 4 heteroatoms. The topological polar surface area (TPSA) is 58.2 Å². The van der Waals surface area contributed by atoms with Gasteiger partial charge in [-0.25, -0.2) is 0 Å². The van der Waals surface area contributed by atoms with Crippen molar-refractivity contribution < 1.29 is 9.59 Å². The summed E-state index contributed by atoms with van der Waals surface area (Å²) in [5.41, 5.74) is 3.71. The van der Waals surface area contributed by atoms with Gasteiger partial charge in [-0.15, -0.1) is 0 Å². The van der Waals surface area contributed by atoms with E-state index in [1.165, 1.54) is 11.1 Å². The molecule has 21 heavy (non-hydrogen) atoms. The minimum absolute atomic E-state index is 0.0409. The molecule has 2 rings (SSSR count). The first kappa shape index (κ1) is 15.5. The standard InChI is InChI=1S/C17H24N2O2/c1-11-9-13(17(2,3)4)6-5-12(11)10-18-16(21)14-7-8-15(20)19-14/h5-6,9,14H,7-8,10H2,1-4H3,(H,18,21)(H,19,20). The molecule has 1 aliphatic rings. The molecule has 1 aromatic carbocycles. The van der Waals surface area contributed by atoms with E-state index in [1.807, 2.05) is 0 Å². The van der Waals surface area contributed by atoms with Crippen LogP contribution in [0.5, 0.6) is 0 Å². The molecule has 0 aliphatic carbocycles. The van der Waals surface area contributed by atoms with Crippen molar-refractivity contribution in [3.63, 3.8) is 0 Å². The number of nitrogens with one attached hydrogen (secondary N) is 2. The van der Waals surface area contributed by atoms with Gasteiger partial charge < -0.3 is 10.6 Å². The third kappa shape index (κ3) is 3.84. The number of aryl methyl sites for hydroxylation is 1. The fourth-order valence-corrected chi connectivity index (χ4v) is 2.48. The lowest BCUT2D eigenvalue weighted by atomic mass is 9.85. The van der Waals surface area contributed by atoms with Crippen LogP contribution in [0.3, 0.4) is 0 Å². The average Bonchev–Trinajstić information content (AvgIpc) is 2.82. The molecule has 1 heterocycles. The van der Waals surface area contributed by atoms with Crippen LogP contribution >= 0.6 is 0 Å². The van der Waals surface area contributed by atoms with E-state index >= 15 is 0 Å². The molecule has 1 unspecified atom stereocenters. The van der Waals surface area contributed by atoms with E-state index < -0.39 is 0 Å². The second-order valence-corrected chi connectivity index (χ2v) is 6.77. The fourth-order valence-electron chi connectivity index (χ4n) is 2.48. The van der Waals surface area contributed by atoms with E-state index in [1.54, 1.807) is 0 Å². The molecule has 4 nitrogen and oxygen atoms in total. The molecule has 1 fully saturated rings. The van der Waals surface area contributed by atoms with Crippen LogP contribution in [-0.2, 0) is 21.5 Å². The Morgan fingerprint density at radius 2 is 2.10 bits per heavy atom. The molecular weight excluding hydrogens is 264 g/mol. The van der Waals surface area contributed by atoms with Gasteiger partial charge in [0.1, 0.15) is 6.04 Å². The van der Waals surface area contributed by atoms with Gasteiger partial charge in [0.05, 0.1) is 0 Å². The summed E-state index contributed by atoms with van der Waals surface area (Å²) in [6.45, 7) is 9.12. The van der Waals surface area contributed by atoms with E-state index in [0.717, 1.165) is 5.56 Å². The SMILES string of the molecule is Cc1cc(C(C)(C)C)ccc1CNC(=O)C1CCC(=O)N1. The van der Waals surface area contributed by atoms with E-state index in [9.17, 15) is 9.59 Å². The number of hydrogen-bond acceptors (Lipinski definition) is 2. The summed E-state index contributed by atoms with van der Waals surface area (Å²) in [7, 11) is 0. The van der Waals surface area contributed by atoms with Crippen LogP contribution in [0, 0.1) is 6.92 Å². The Kier molecular flexibility index (Phi) is 4.35. The third-order valence-electron chi connectivity index (χ3n) is 3.97. The second-order valence-electron chi connectivity index (χ2n) is 6.77. The fraction of sp³-hybridized carbons (Fsp3) is 0.529. The maximum atomic E-state index is 12.0. The Morgan fingerprint density at radius 3 is 2.62 bits per heavy atom. The van der Waals surface area contributed by atoms with Crippen LogP contribution in [0.2, 0.25) is 0 Å². The lowest BCUT2D eigenvalue weighted by molar-refractivity contribution is -0.125. The summed E-state index contributed by atoms with van der Waals surface area (Å²) in [4.78, 5) is 23.1. The molecule has 114 valence electrons. The first-order valence-corrected chi connectivity index (χ1v) is 7.44. The van der Waals surface area contributed by atoms with E-state index in [4.69, 9.17) is 0 Å². The van der Waals surface area contributed by atoms with Crippen molar-refractivity contribution in [2.24, 2.45) is 0 Å². The molecule has 1 aliphatic heterocycles. The van der Waals surface area contributed by atoms with Crippen molar-refractivity contribution in [2.75, 3.05) is 0 Å².